The van der Waals surface area contributed by atoms with Gasteiger partial charge < -0.3 is 9.84 Å². The fraction of sp³-hybridized carbons (Fsp3) is 0.286. The fourth-order valence-electron chi connectivity index (χ4n) is 1.90. The molecule has 0 bridgehead atoms. The van der Waals surface area contributed by atoms with E-state index in [1.54, 1.807) is 23.5 Å². The Morgan fingerprint density at radius 3 is 2.89 bits per heavy atom. The third kappa shape index (κ3) is 2.89. The third-order valence-corrected chi connectivity index (χ3v) is 3.58. The molecule has 1 aromatic carbocycles. The number of hydrogen-bond donors (Lipinski definition) is 1. The zero-order chi connectivity index (χ0) is 13.0. The maximum atomic E-state index is 13.7. The van der Waals surface area contributed by atoms with Crippen LogP contribution in [0, 0.1) is 5.82 Å². The zero-order valence-electron chi connectivity index (χ0n) is 10.1. The smallest absolute Gasteiger partial charge is 0.132 e. The van der Waals surface area contributed by atoms with Crippen molar-refractivity contribution in [3.63, 3.8) is 0 Å². The summed E-state index contributed by atoms with van der Waals surface area (Å²) in [5, 5.41) is 14.1. The van der Waals surface area contributed by atoms with Gasteiger partial charge in [0, 0.05) is 0 Å². The Morgan fingerprint density at radius 2 is 2.22 bits per heavy atom. The summed E-state index contributed by atoms with van der Waals surface area (Å²) in [7, 11) is 1.48. The molecule has 1 unspecified atom stereocenters. The van der Waals surface area contributed by atoms with Crippen LogP contribution in [0.1, 0.15) is 23.7 Å². The van der Waals surface area contributed by atoms with E-state index in [9.17, 15) is 9.50 Å². The van der Waals surface area contributed by atoms with Gasteiger partial charge in [0.05, 0.1) is 18.8 Å². The molecule has 0 aliphatic rings. The molecule has 1 aromatic heterocycles. The Hall–Kier alpha value is -1.39. The zero-order valence-corrected chi connectivity index (χ0v) is 10.9. The van der Waals surface area contributed by atoms with Crippen molar-refractivity contribution in [3.05, 3.63) is 52.0 Å². The van der Waals surface area contributed by atoms with Gasteiger partial charge >= 0.3 is 0 Å². The Bertz CT molecular complexity index is 497. The number of hydrogen-bond acceptors (Lipinski definition) is 3. The normalized spacial score (nSPS) is 12.4. The maximum absolute atomic E-state index is 13.7. The Kier molecular flexibility index (Phi) is 4.33. The molecule has 0 aliphatic carbocycles. The highest BCUT2D eigenvalue weighted by Crippen LogP contribution is 2.30. The SMILES string of the molecule is COc1cccc(F)c1C(O)CCc1ccsc1. The van der Waals surface area contributed by atoms with Crippen molar-refractivity contribution in [1.82, 2.24) is 0 Å². The molecular formula is C14H15FO2S. The van der Waals surface area contributed by atoms with E-state index in [-0.39, 0.29) is 5.56 Å². The largest absolute Gasteiger partial charge is 0.496 e. The molecule has 4 heteroatoms. The molecule has 1 atom stereocenters. The average Bonchev–Trinajstić information content (AvgIpc) is 2.88. The lowest BCUT2D eigenvalue weighted by Gasteiger charge is -2.15. The van der Waals surface area contributed by atoms with Crippen LogP contribution in [0.2, 0.25) is 0 Å². The molecule has 0 amide bonds. The van der Waals surface area contributed by atoms with Gasteiger partial charge in [0.1, 0.15) is 11.6 Å². The number of aliphatic hydroxyl groups excluding tert-OH is 1. The van der Waals surface area contributed by atoms with Gasteiger partial charge in [0.2, 0.25) is 0 Å². The maximum Gasteiger partial charge on any atom is 0.132 e. The minimum Gasteiger partial charge on any atom is -0.496 e. The Balaban J connectivity index is 2.10. The molecule has 96 valence electrons. The van der Waals surface area contributed by atoms with Crippen LogP contribution < -0.4 is 4.74 Å². The van der Waals surface area contributed by atoms with Crippen LogP contribution in [-0.2, 0) is 6.42 Å². The second kappa shape index (κ2) is 5.98. The molecule has 0 radical (unpaired) electrons. The highest BCUT2D eigenvalue weighted by molar-refractivity contribution is 7.07. The summed E-state index contributed by atoms with van der Waals surface area (Å²) in [4.78, 5) is 0. The van der Waals surface area contributed by atoms with E-state index < -0.39 is 11.9 Å². The fourth-order valence-corrected chi connectivity index (χ4v) is 2.60. The lowest BCUT2D eigenvalue weighted by molar-refractivity contribution is 0.159. The highest BCUT2D eigenvalue weighted by Gasteiger charge is 2.17. The monoisotopic (exact) mass is 266 g/mol. The van der Waals surface area contributed by atoms with Crippen LogP contribution >= 0.6 is 11.3 Å². The molecule has 0 aliphatic heterocycles. The molecule has 2 nitrogen and oxygen atoms in total. The van der Waals surface area contributed by atoms with Crippen LogP contribution in [0.4, 0.5) is 4.39 Å². The first-order valence-corrected chi connectivity index (χ1v) is 6.68. The average molecular weight is 266 g/mol. The van der Waals surface area contributed by atoms with E-state index in [2.05, 4.69) is 0 Å². The second-order valence-corrected chi connectivity index (χ2v) is 4.82. The van der Waals surface area contributed by atoms with Crippen molar-refractivity contribution >= 4 is 11.3 Å². The van der Waals surface area contributed by atoms with E-state index in [0.717, 1.165) is 12.0 Å². The number of benzene rings is 1. The van der Waals surface area contributed by atoms with E-state index in [4.69, 9.17) is 4.74 Å². The van der Waals surface area contributed by atoms with Crippen LogP contribution in [-0.4, -0.2) is 12.2 Å². The molecule has 0 spiro atoms. The number of rotatable bonds is 5. The number of methoxy groups -OCH3 is 1. The number of halogens is 1. The topological polar surface area (TPSA) is 29.5 Å². The number of thiophene rings is 1. The van der Waals surface area contributed by atoms with Gasteiger partial charge in [-0.1, -0.05) is 6.07 Å². The van der Waals surface area contributed by atoms with Gasteiger partial charge in [-0.2, -0.15) is 11.3 Å². The highest BCUT2D eigenvalue weighted by atomic mass is 32.1. The summed E-state index contributed by atoms with van der Waals surface area (Å²) in [6.45, 7) is 0. The molecular weight excluding hydrogens is 251 g/mol. The standard InChI is InChI=1S/C14H15FO2S/c1-17-13-4-2-3-11(15)14(13)12(16)6-5-10-7-8-18-9-10/h2-4,7-9,12,16H,5-6H2,1H3. The lowest BCUT2D eigenvalue weighted by Crippen LogP contribution is -2.05. The van der Waals surface area contributed by atoms with Crippen LogP contribution in [0.5, 0.6) is 5.75 Å². The second-order valence-electron chi connectivity index (χ2n) is 4.04. The van der Waals surface area contributed by atoms with Gasteiger partial charge in [0.15, 0.2) is 0 Å². The van der Waals surface area contributed by atoms with Gasteiger partial charge in [-0.3, -0.25) is 0 Å². The van der Waals surface area contributed by atoms with Crippen molar-refractivity contribution in [1.29, 1.82) is 0 Å². The van der Waals surface area contributed by atoms with Crippen molar-refractivity contribution in [3.8, 4) is 5.75 Å². The van der Waals surface area contributed by atoms with Gasteiger partial charge in [-0.25, -0.2) is 4.39 Å². The molecule has 1 heterocycles. The summed E-state index contributed by atoms with van der Waals surface area (Å²) in [5.41, 5.74) is 1.41. The predicted octanol–water partition coefficient (Wildman–Crippen LogP) is 3.56. The van der Waals surface area contributed by atoms with Crippen LogP contribution in [0.25, 0.3) is 0 Å². The Labute approximate surface area is 110 Å². The number of aryl methyl sites for hydroxylation is 1. The first kappa shape index (κ1) is 13.1. The molecule has 0 saturated heterocycles. The van der Waals surface area contributed by atoms with Crippen LogP contribution in [0.3, 0.4) is 0 Å². The summed E-state index contributed by atoms with van der Waals surface area (Å²) >= 11 is 1.62. The molecule has 1 N–H and O–H groups in total. The Morgan fingerprint density at radius 1 is 1.39 bits per heavy atom. The summed E-state index contributed by atoms with van der Waals surface area (Å²) in [5.74, 6) is -0.0278. The number of ether oxygens (including phenoxy) is 1. The third-order valence-electron chi connectivity index (χ3n) is 2.85. The molecule has 18 heavy (non-hydrogen) atoms. The predicted molar refractivity (Wildman–Crippen MR) is 70.6 cm³/mol. The molecule has 0 saturated carbocycles. The van der Waals surface area contributed by atoms with Crippen molar-refractivity contribution in [2.75, 3.05) is 7.11 Å². The number of aliphatic hydroxyl groups is 1. The van der Waals surface area contributed by atoms with E-state index >= 15 is 0 Å². The lowest BCUT2D eigenvalue weighted by atomic mass is 10.0. The first-order chi connectivity index (χ1) is 8.72. The van der Waals surface area contributed by atoms with Crippen molar-refractivity contribution < 1.29 is 14.2 Å². The van der Waals surface area contributed by atoms with E-state index in [1.807, 2.05) is 16.8 Å². The minimum atomic E-state index is -0.846. The van der Waals surface area contributed by atoms with E-state index in [1.165, 1.54) is 13.2 Å². The summed E-state index contributed by atoms with van der Waals surface area (Å²) in [6.07, 6.45) is 0.358. The quantitative estimate of drug-likeness (QED) is 0.896. The van der Waals surface area contributed by atoms with Crippen molar-refractivity contribution in [2.24, 2.45) is 0 Å². The van der Waals surface area contributed by atoms with Gasteiger partial charge in [0.25, 0.3) is 0 Å². The minimum absolute atomic E-state index is 0.246. The summed E-state index contributed by atoms with van der Waals surface area (Å²) in [6, 6.07) is 6.58. The van der Waals surface area contributed by atoms with Gasteiger partial charge in [-0.05, 0) is 47.4 Å². The van der Waals surface area contributed by atoms with Crippen LogP contribution in [0.15, 0.2) is 35.0 Å². The van der Waals surface area contributed by atoms with Crippen molar-refractivity contribution in [2.45, 2.75) is 18.9 Å². The van der Waals surface area contributed by atoms with Gasteiger partial charge in [-0.15, -0.1) is 0 Å². The molecule has 0 fully saturated rings. The summed E-state index contributed by atoms with van der Waals surface area (Å²) < 4.78 is 18.8. The molecule has 2 rings (SSSR count). The first-order valence-electron chi connectivity index (χ1n) is 5.74. The molecule has 2 aromatic rings. The van der Waals surface area contributed by atoms with E-state index in [0.29, 0.717) is 12.2 Å².